The number of hydrogen-bond donors (Lipinski definition) is 2. The van der Waals surface area contributed by atoms with Crippen LogP contribution in [0.2, 0.25) is 0 Å². The van der Waals surface area contributed by atoms with Crippen molar-refractivity contribution in [1.82, 2.24) is 25.4 Å². The number of alkyl halides is 2. The van der Waals surface area contributed by atoms with Gasteiger partial charge in [-0.3, -0.25) is 10.1 Å². The van der Waals surface area contributed by atoms with Gasteiger partial charge in [-0.25, -0.2) is 18.4 Å². The number of hydrogen-bond acceptors (Lipinski definition) is 4. The summed E-state index contributed by atoms with van der Waals surface area (Å²) in [5, 5.41) is 9.62. The Balaban J connectivity index is 1.68. The molecular weight excluding hydrogens is 268 g/mol. The summed E-state index contributed by atoms with van der Waals surface area (Å²) in [5.41, 5.74) is 0. The summed E-state index contributed by atoms with van der Waals surface area (Å²) < 4.78 is 28.0. The van der Waals surface area contributed by atoms with Crippen molar-refractivity contribution >= 4 is 5.91 Å². The van der Waals surface area contributed by atoms with Crippen LogP contribution < -0.4 is 10.6 Å². The lowest BCUT2D eigenvalue weighted by atomic mass is 10.1. The van der Waals surface area contributed by atoms with E-state index < -0.39 is 24.9 Å². The molecule has 0 saturated carbocycles. The van der Waals surface area contributed by atoms with E-state index >= 15 is 0 Å². The van der Waals surface area contributed by atoms with E-state index in [4.69, 9.17) is 0 Å². The molecule has 1 aromatic rings. The van der Waals surface area contributed by atoms with Gasteiger partial charge in [-0.2, -0.15) is 5.10 Å². The first-order valence-corrected chi connectivity index (χ1v) is 6.77. The predicted octanol–water partition coefficient (Wildman–Crippen LogP) is 0.535. The van der Waals surface area contributed by atoms with E-state index in [-0.39, 0.29) is 11.9 Å². The lowest BCUT2D eigenvalue weighted by Crippen LogP contribution is -2.43. The summed E-state index contributed by atoms with van der Waals surface area (Å²) in [5.74, 6) is -1.81. The van der Waals surface area contributed by atoms with E-state index in [1.165, 1.54) is 0 Å². The summed E-state index contributed by atoms with van der Waals surface area (Å²) in [6.45, 7) is 2.14. The van der Waals surface area contributed by atoms with Crippen LogP contribution in [0, 0.1) is 6.92 Å². The molecule has 2 aliphatic rings. The van der Waals surface area contributed by atoms with Gasteiger partial charge in [-0.1, -0.05) is 0 Å². The fraction of sp³-hybridized carbons (Fsp3) is 0.750. The summed E-state index contributed by atoms with van der Waals surface area (Å²) in [7, 11) is 0. The lowest BCUT2D eigenvalue weighted by Gasteiger charge is -2.24. The number of nitrogens with one attached hydrogen (secondary N) is 2. The van der Waals surface area contributed by atoms with Crippen LogP contribution in [0.15, 0.2) is 0 Å². The molecule has 0 bridgehead atoms. The number of carbonyl (C=O) groups excluding carboxylic acids is 1. The van der Waals surface area contributed by atoms with Crippen molar-refractivity contribution in [3.8, 4) is 0 Å². The fourth-order valence-electron chi connectivity index (χ4n) is 2.78. The quantitative estimate of drug-likeness (QED) is 0.831. The smallest absolute Gasteiger partial charge is 0.262 e. The number of rotatable bonds is 2. The lowest BCUT2D eigenvalue weighted by molar-refractivity contribution is -0.124. The van der Waals surface area contributed by atoms with E-state index in [0.717, 1.165) is 19.4 Å². The summed E-state index contributed by atoms with van der Waals surface area (Å²) in [4.78, 5) is 16.4. The van der Waals surface area contributed by atoms with Gasteiger partial charge >= 0.3 is 0 Å². The van der Waals surface area contributed by atoms with Gasteiger partial charge in [0.2, 0.25) is 5.91 Å². The van der Waals surface area contributed by atoms with E-state index in [0.29, 0.717) is 11.6 Å². The van der Waals surface area contributed by atoms with Crippen LogP contribution in [0.3, 0.4) is 0 Å². The average molecular weight is 285 g/mol. The molecule has 0 spiro atoms. The molecule has 1 amide bonds. The maximum Gasteiger partial charge on any atom is 0.262 e. The first-order chi connectivity index (χ1) is 9.44. The molecular formula is C12H17F2N5O. The van der Waals surface area contributed by atoms with Crippen LogP contribution in [0.4, 0.5) is 8.78 Å². The Labute approximate surface area is 114 Å². The molecule has 8 heteroatoms. The fourth-order valence-corrected chi connectivity index (χ4v) is 2.78. The molecule has 0 aliphatic carbocycles. The van der Waals surface area contributed by atoms with Crippen molar-refractivity contribution in [2.24, 2.45) is 0 Å². The molecule has 2 aliphatic heterocycles. The number of carbonyl (C=O) groups is 1. The number of aromatic nitrogens is 3. The van der Waals surface area contributed by atoms with Crippen molar-refractivity contribution in [3.05, 3.63) is 11.6 Å². The second-order valence-corrected chi connectivity index (χ2v) is 5.44. The van der Waals surface area contributed by atoms with Crippen LogP contribution in [0.25, 0.3) is 0 Å². The van der Waals surface area contributed by atoms with Gasteiger partial charge in [0.25, 0.3) is 5.92 Å². The molecule has 0 unspecified atom stereocenters. The topological polar surface area (TPSA) is 71.8 Å². The maximum absolute atomic E-state index is 13.1. The number of amides is 1. The Morgan fingerprint density at radius 1 is 1.55 bits per heavy atom. The van der Waals surface area contributed by atoms with Crippen molar-refractivity contribution in [1.29, 1.82) is 0 Å². The molecule has 3 rings (SSSR count). The third-order valence-electron chi connectivity index (χ3n) is 3.72. The number of nitrogens with zero attached hydrogens (tertiary/aromatic N) is 3. The van der Waals surface area contributed by atoms with Crippen LogP contribution in [-0.2, 0) is 11.3 Å². The first-order valence-electron chi connectivity index (χ1n) is 6.77. The van der Waals surface area contributed by atoms with Gasteiger partial charge in [0, 0.05) is 13.0 Å². The molecule has 3 heterocycles. The maximum atomic E-state index is 13.1. The minimum atomic E-state index is -2.80. The SMILES string of the molecule is Cc1nc2n(n1)CCC[C@@H]2NC(=O)[C@H]1CC(F)(F)CN1. The van der Waals surface area contributed by atoms with Crippen LogP contribution >= 0.6 is 0 Å². The summed E-state index contributed by atoms with van der Waals surface area (Å²) in [6, 6.07) is -1.07. The molecule has 2 atom stereocenters. The zero-order chi connectivity index (χ0) is 14.3. The highest BCUT2D eigenvalue weighted by Gasteiger charge is 2.43. The van der Waals surface area contributed by atoms with Crippen molar-refractivity contribution in [3.63, 3.8) is 0 Å². The van der Waals surface area contributed by atoms with Gasteiger partial charge in [-0.05, 0) is 19.8 Å². The molecule has 20 heavy (non-hydrogen) atoms. The molecule has 1 fully saturated rings. The number of aryl methyl sites for hydroxylation is 2. The molecule has 0 radical (unpaired) electrons. The van der Waals surface area contributed by atoms with Crippen molar-refractivity contribution in [2.75, 3.05) is 6.54 Å². The molecule has 0 aromatic carbocycles. The highest BCUT2D eigenvalue weighted by Crippen LogP contribution is 2.27. The molecule has 110 valence electrons. The largest absolute Gasteiger partial charge is 0.345 e. The number of halogens is 2. The zero-order valence-corrected chi connectivity index (χ0v) is 11.2. The summed E-state index contributed by atoms with van der Waals surface area (Å²) >= 11 is 0. The van der Waals surface area contributed by atoms with Crippen molar-refractivity contribution < 1.29 is 13.6 Å². The first kappa shape index (κ1) is 13.4. The molecule has 1 saturated heterocycles. The Hall–Kier alpha value is -1.57. The Bertz CT molecular complexity index is 530. The normalized spacial score (nSPS) is 28.1. The summed E-state index contributed by atoms with van der Waals surface area (Å²) in [6.07, 6.45) is 1.19. The van der Waals surface area contributed by atoms with Crippen molar-refractivity contribution in [2.45, 2.75) is 50.7 Å². The van der Waals surface area contributed by atoms with Gasteiger partial charge in [0.05, 0.1) is 18.6 Å². The zero-order valence-electron chi connectivity index (χ0n) is 11.2. The second-order valence-electron chi connectivity index (χ2n) is 5.44. The number of fused-ring (bicyclic) bond motifs is 1. The minimum absolute atomic E-state index is 0.242. The predicted molar refractivity (Wildman–Crippen MR) is 66.2 cm³/mol. The van der Waals surface area contributed by atoms with Crippen LogP contribution in [0.1, 0.15) is 37.0 Å². The average Bonchev–Trinajstić information content (AvgIpc) is 2.91. The third kappa shape index (κ3) is 2.52. The van der Waals surface area contributed by atoms with E-state index in [1.807, 2.05) is 0 Å². The van der Waals surface area contributed by atoms with Crippen LogP contribution in [0.5, 0.6) is 0 Å². The van der Waals surface area contributed by atoms with E-state index in [2.05, 4.69) is 20.7 Å². The van der Waals surface area contributed by atoms with Gasteiger partial charge < -0.3 is 5.32 Å². The Kier molecular flexibility index (Phi) is 3.19. The van der Waals surface area contributed by atoms with E-state index in [1.54, 1.807) is 11.6 Å². The Morgan fingerprint density at radius 3 is 3.05 bits per heavy atom. The molecule has 6 nitrogen and oxygen atoms in total. The standard InChI is InChI=1S/C12H17F2N5O/c1-7-16-10-8(3-2-4-19(10)18-7)17-11(20)9-5-12(13,14)6-15-9/h8-9,15H,2-6H2,1H3,(H,17,20)/t8-,9+/m0/s1. The molecule has 2 N–H and O–H groups in total. The van der Waals surface area contributed by atoms with Gasteiger partial charge in [-0.15, -0.1) is 0 Å². The minimum Gasteiger partial charge on any atom is -0.345 e. The van der Waals surface area contributed by atoms with Gasteiger partial charge in [0.15, 0.2) is 0 Å². The van der Waals surface area contributed by atoms with Crippen LogP contribution in [-0.4, -0.2) is 39.2 Å². The highest BCUT2D eigenvalue weighted by atomic mass is 19.3. The monoisotopic (exact) mass is 285 g/mol. The highest BCUT2D eigenvalue weighted by molar-refractivity contribution is 5.82. The second kappa shape index (κ2) is 4.76. The Morgan fingerprint density at radius 2 is 2.35 bits per heavy atom. The third-order valence-corrected chi connectivity index (χ3v) is 3.72. The molecule has 1 aromatic heterocycles. The van der Waals surface area contributed by atoms with Gasteiger partial charge in [0.1, 0.15) is 11.6 Å². The van der Waals surface area contributed by atoms with E-state index in [9.17, 15) is 13.6 Å².